The zero-order valence-corrected chi connectivity index (χ0v) is 22.5. The average molecular weight is 558 g/mol. The first kappa shape index (κ1) is 25.9. The van der Waals surface area contributed by atoms with E-state index >= 15 is 0 Å². The highest BCUT2D eigenvalue weighted by Crippen LogP contribution is 2.30. The zero-order valence-electron chi connectivity index (χ0n) is 21.0. The van der Waals surface area contributed by atoms with Crippen molar-refractivity contribution in [3.63, 3.8) is 0 Å². The molecule has 2 aromatic heterocycles. The Kier molecular flexibility index (Phi) is 6.74. The molecule has 0 saturated carbocycles. The third kappa shape index (κ3) is 5.16. The van der Waals surface area contributed by atoms with Crippen molar-refractivity contribution >= 4 is 57.8 Å². The lowest BCUT2D eigenvalue weighted by atomic mass is 9.95. The van der Waals surface area contributed by atoms with E-state index in [1.165, 1.54) is 6.07 Å². The smallest absolute Gasteiger partial charge is 0.410 e. The van der Waals surface area contributed by atoms with E-state index in [0.717, 1.165) is 11.1 Å². The number of hydrogen-bond acceptors (Lipinski definition) is 7. The summed E-state index contributed by atoms with van der Waals surface area (Å²) in [5, 5.41) is 13.6. The van der Waals surface area contributed by atoms with Gasteiger partial charge in [-0.3, -0.25) is 9.59 Å². The first-order chi connectivity index (χ1) is 18.0. The van der Waals surface area contributed by atoms with Gasteiger partial charge in [-0.25, -0.2) is 9.78 Å². The van der Waals surface area contributed by atoms with E-state index < -0.39 is 11.5 Å². The van der Waals surface area contributed by atoms with Crippen LogP contribution in [0.3, 0.4) is 0 Å². The molecule has 0 atom stereocenters. The van der Waals surface area contributed by atoms with Crippen molar-refractivity contribution < 1.29 is 19.1 Å². The molecule has 0 saturated heterocycles. The van der Waals surface area contributed by atoms with Crippen LogP contribution in [0.25, 0.3) is 11.0 Å². The summed E-state index contributed by atoms with van der Waals surface area (Å²) in [6.07, 6.45) is -0.533. The summed E-state index contributed by atoms with van der Waals surface area (Å²) < 4.78 is 5.51. The largest absolute Gasteiger partial charge is 0.443 e. The van der Waals surface area contributed by atoms with Crippen LogP contribution in [0.15, 0.2) is 35.4 Å². The molecule has 38 heavy (non-hydrogen) atoms. The van der Waals surface area contributed by atoms with Crippen molar-refractivity contribution in [1.82, 2.24) is 30.2 Å². The number of aromatic nitrogens is 4. The number of carbonyl (C=O) groups excluding carboxylic acids is 3. The molecule has 198 valence electrons. The van der Waals surface area contributed by atoms with E-state index in [2.05, 4.69) is 25.7 Å². The third-order valence-electron chi connectivity index (χ3n) is 6.41. The molecule has 1 aromatic carbocycles. The van der Waals surface area contributed by atoms with Gasteiger partial charge in [-0.2, -0.15) is 15.4 Å². The molecule has 0 bridgehead atoms. The standard InChI is InChI=1S/C25H25Cl2N7O4/c1-25(2,3)23(36)29-18-7-16(26)21(27)28-20(18)12-38-24(37)34-10-14-8-33(9-15(14)11-34)22(35)13-4-5-17-19(6-13)31-32-30-17/h4-7H,8-12H2,1-3H3,(H,29,36)(H,30,31,32). The molecule has 3 amide bonds. The van der Waals surface area contributed by atoms with E-state index in [-0.39, 0.29) is 34.3 Å². The normalized spacial score (nSPS) is 15.3. The van der Waals surface area contributed by atoms with E-state index in [9.17, 15) is 14.4 Å². The van der Waals surface area contributed by atoms with Crippen LogP contribution in [-0.2, 0) is 16.1 Å². The van der Waals surface area contributed by atoms with Crippen LogP contribution in [0.4, 0.5) is 10.5 Å². The predicted molar refractivity (Wildman–Crippen MR) is 141 cm³/mol. The lowest BCUT2D eigenvalue weighted by Gasteiger charge is -2.23. The highest BCUT2D eigenvalue weighted by atomic mass is 35.5. The van der Waals surface area contributed by atoms with E-state index in [1.54, 1.807) is 48.8 Å². The van der Waals surface area contributed by atoms with Gasteiger partial charge in [0.1, 0.15) is 28.5 Å². The van der Waals surface area contributed by atoms with Gasteiger partial charge in [0.15, 0.2) is 0 Å². The number of ether oxygens (including phenoxy) is 1. The van der Waals surface area contributed by atoms with Gasteiger partial charge in [0.2, 0.25) is 5.91 Å². The molecule has 2 aliphatic rings. The molecule has 0 unspecified atom stereocenters. The number of benzene rings is 1. The molecule has 13 heteroatoms. The van der Waals surface area contributed by atoms with Crippen molar-refractivity contribution in [1.29, 1.82) is 0 Å². The minimum absolute atomic E-state index is 0.0424. The Morgan fingerprint density at radius 2 is 1.66 bits per heavy atom. The van der Waals surface area contributed by atoms with Gasteiger partial charge < -0.3 is 19.9 Å². The van der Waals surface area contributed by atoms with Crippen molar-refractivity contribution in [2.24, 2.45) is 5.41 Å². The Bertz CT molecular complexity index is 1480. The first-order valence-electron chi connectivity index (χ1n) is 11.9. The second kappa shape index (κ2) is 9.88. The van der Waals surface area contributed by atoms with Crippen LogP contribution >= 0.6 is 23.2 Å². The Morgan fingerprint density at radius 1 is 1.00 bits per heavy atom. The summed E-state index contributed by atoms with van der Waals surface area (Å²) >= 11 is 12.2. The van der Waals surface area contributed by atoms with Gasteiger partial charge in [-0.05, 0) is 35.4 Å². The average Bonchev–Trinajstić information content (AvgIpc) is 3.58. The number of halogens is 2. The van der Waals surface area contributed by atoms with Gasteiger partial charge in [-0.15, -0.1) is 0 Å². The number of carbonyl (C=O) groups is 3. The molecular formula is C25H25Cl2N7O4. The molecule has 3 aromatic rings. The number of fused-ring (bicyclic) bond motifs is 1. The van der Waals surface area contributed by atoms with E-state index in [4.69, 9.17) is 27.9 Å². The number of nitrogens with zero attached hydrogens (tertiary/aromatic N) is 5. The van der Waals surface area contributed by atoms with E-state index in [0.29, 0.717) is 48.5 Å². The van der Waals surface area contributed by atoms with Crippen LogP contribution in [0, 0.1) is 5.41 Å². The summed E-state index contributed by atoms with van der Waals surface area (Å²) in [5.41, 5.74) is 3.84. The van der Waals surface area contributed by atoms with Crippen molar-refractivity contribution in [3.05, 3.63) is 56.8 Å². The SMILES string of the molecule is CC(C)(C)C(=O)Nc1cc(Cl)c(Cl)nc1COC(=O)N1CC2=C(C1)CN(C(=O)c1ccc3n[nH]nc3c1)C2. The summed E-state index contributed by atoms with van der Waals surface area (Å²) in [4.78, 5) is 45.8. The maximum atomic E-state index is 13.0. The number of amides is 3. The van der Waals surface area contributed by atoms with Gasteiger partial charge in [0, 0.05) is 37.2 Å². The molecule has 2 N–H and O–H groups in total. The topological polar surface area (TPSA) is 133 Å². The Morgan fingerprint density at radius 3 is 2.34 bits per heavy atom. The fourth-order valence-electron chi connectivity index (χ4n) is 4.26. The highest BCUT2D eigenvalue weighted by molar-refractivity contribution is 6.41. The van der Waals surface area contributed by atoms with Gasteiger partial charge in [0.05, 0.1) is 10.7 Å². The lowest BCUT2D eigenvalue weighted by molar-refractivity contribution is -0.123. The summed E-state index contributed by atoms with van der Waals surface area (Å²) in [7, 11) is 0. The van der Waals surface area contributed by atoms with E-state index in [1.807, 2.05) is 0 Å². The van der Waals surface area contributed by atoms with Crippen LogP contribution in [0.1, 0.15) is 36.8 Å². The van der Waals surface area contributed by atoms with Crippen molar-refractivity contribution in [2.75, 3.05) is 31.5 Å². The maximum absolute atomic E-state index is 13.0. The Balaban J connectivity index is 1.18. The number of hydrogen-bond donors (Lipinski definition) is 2. The molecule has 0 aliphatic carbocycles. The van der Waals surface area contributed by atoms with Crippen LogP contribution in [-0.4, -0.2) is 74.3 Å². The number of aromatic amines is 1. The second-order valence-electron chi connectivity index (χ2n) is 10.3. The summed E-state index contributed by atoms with van der Waals surface area (Å²) in [5.74, 6) is -0.348. The fraction of sp³-hybridized carbons (Fsp3) is 0.360. The maximum Gasteiger partial charge on any atom is 0.410 e. The number of H-pyrrole nitrogens is 1. The molecular weight excluding hydrogens is 533 g/mol. The van der Waals surface area contributed by atoms with Gasteiger partial charge in [0.25, 0.3) is 5.91 Å². The Labute approximate surface area is 228 Å². The van der Waals surface area contributed by atoms with Crippen molar-refractivity contribution in [2.45, 2.75) is 27.4 Å². The van der Waals surface area contributed by atoms with Gasteiger partial charge >= 0.3 is 6.09 Å². The molecule has 4 heterocycles. The molecule has 11 nitrogen and oxygen atoms in total. The van der Waals surface area contributed by atoms with Gasteiger partial charge in [-0.1, -0.05) is 44.0 Å². The lowest BCUT2D eigenvalue weighted by Crippen LogP contribution is -2.36. The number of anilines is 1. The molecule has 2 aliphatic heterocycles. The fourth-order valence-corrected chi connectivity index (χ4v) is 4.57. The highest BCUT2D eigenvalue weighted by Gasteiger charge is 2.35. The number of pyridine rings is 1. The summed E-state index contributed by atoms with van der Waals surface area (Å²) in [6.45, 7) is 6.72. The third-order valence-corrected chi connectivity index (χ3v) is 7.08. The monoisotopic (exact) mass is 557 g/mol. The second-order valence-corrected chi connectivity index (χ2v) is 11.0. The zero-order chi connectivity index (χ0) is 27.2. The predicted octanol–water partition coefficient (Wildman–Crippen LogP) is 4.05. The number of nitrogens with one attached hydrogen (secondary N) is 2. The summed E-state index contributed by atoms with van der Waals surface area (Å²) in [6, 6.07) is 6.68. The number of rotatable bonds is 4. The molecule has 0 radical (unpaired) electrons. The minimum Gasteiger partial charge on any atom is -0.443 e. The molecule has 5 rings (SSSR count). The Hall–Kier alpha value is -3.70. The van der Waals surface area contributed by atoms with Crippen LogP contribution in [0.5, 0.6) is 0 Å². The molecule has 0 fully saturated rings. The molecule has 0 spiro atoms. The van der Waals surface area contributed by atoms with Crippen LogP contribution in [0.2, 0.25) is 10.2 Å². The minimum atomic E-state index is -0.653. The van der Waals surface area contributed by atoms with Crippen molar-refractivity contribution in [3.8, 4) is 0 Å². The first-order valence-corrected chi connectivity index (χ1v) is 12.6. The quantitative estimate of drug-likeness (QED) is 0.365. The van der Waals surface area contributed by atoms with Crippen LogP contribution < -0.4 is 5.32 Å².